The van der Waals surface area contributed by atoms with Gasteiger partial charge in [-0.1, -0.05) is 29.4 Å². The Hall–Kier alpha value is -4.00. The molecule has 0 bridgehead atoms. The molecule has 2 fully saturated rings. The molecule has 2 aliphatic heterocycles. The Morgan fingerprint density at radius 3 is 2.66 bits per heavy atom. The number of hydrogen-bond donors (Lipinski definition) is 0. The number of hydrogen-bond acceptors (Lipinski definition) is 11. The van der Waals surface area contributed by atoms with Crippen LogP contribution in [0, 0.1) is 6.92 Å². The zero-order valence-corrected chi connectivity index (χ0v) is 21.2. The normalized spacial score (nSPS) is 20.5. The van der Waals surface area contributed by atoms with E-state index in [1.807, 2.05) is 24.3 Å². The van der Waals surface area contributed by atoms with Crippen LogP contribution in [0.5, 0.6) is 0 Å². The van der Waals surface area contributed by atoms with Gasteiger partial charge in [-0.2, -0.15) is 4.98 Å². The lowest BCUT2D eigenvalue weighted by Gasteiger charge is -2.46. The molecule has 2 atom stereocenters. The second-order valence-electron chi connectivity index (χ2n) is 9.30. The van der Waals surface area contributed by atoms with Gasteiger partial charge in [-0.15, -0.1) is 0 Å². The molecule has 0 amide bonds. The van der Waals surface area contributed by atoms with E-state index in [1.165, 1.54) is 12.4 Å². The molecular weight excluding hydrogens is 488 g/mol. The topological polar surface area (TPSA) is 125 Å². The first-order valence-electron chi connectivity index (χ1n) is 12.5. The molecule has 12 nitrogen and oxygen atoms in total. The van der Waals surface area contributed by atoms with E-state index in [-0.39, 0.29) is 17.8 Å². The summed E-state index contributed by atoms with van der Waals surface area (Å²) in [4.78, 5) is 34.8. The van der Waals surface area contributed by atoms with Crippen LogP contribution in [0.3, 0.4) is 0 Å². The van der Waals surface area contributed by atoms with Gasteiger partial charge < -0.3 is 18.9 Å². The summed E-state index contributed by atoms with van der Waals surface area (Å²) in [7, 11) is 1.75. The highest BCUT2D eigenvalue weighted by molar-refractivity contribution is 5.56. The van der Waals surface area contributed by atoms with Gasteiger partial charge in [-0.3, -0.25) is 14.3 Å². The van der Waals surface area contributed by atoms with Crippen LogP contribution in [0.4, 0.5) is 5.95 Å². The average Bonchev–Trinajstić information content (AvgIpc) is 3.41. The van der Waals surface area contributed by atoms with Crippen LogP contribution in [0.25, 0.3) is 22.8 Å². The van der Waals surface area contributed by atoms with E-state index in [9.17, 15) is 4.79 Å². The fraction of sp³-hybridized carbons (Fsp3) is 0.385. The van der Waals surface area contributed by atoms with E-state index < -0.39 is 0 Å². The highest BCUT2D eigenvalue weighted by atomic mass is 16.5. The molecule has 1 unspecified atom stereocenters. The molecule has 0 aliphatic carbocycles. The third kappa shape index (κ3) is 4.80. The molecule has 3 aromatic heterocycles. The van der Waals surface area contributed by atoms with Crippen molar-refractivity contribution in [2.75, 3.05) is 44.4 Å². The largest absolute Gasteiger partial charge is 0.376 e. The van der Waals surface area contributed by atoms with Crippen molar-refractivity contribution >= 4 is 5.95 Å². The van der Waals surface area contributed by atoms with Crippen LogP contribution >= 0.6 is 0 Å². The number of ether oxygens (including phenoxy) is 2. The predicted molar refractivity (Wildman–Crippen MR) is 137 cm³/mol. The van der Waals surface area contributed by atoms with Crippen LogP contribution in [0.2, 0.25) is 0 Å². The molecular formula is C26H28N8O4. The fourth-order valence-corrected chi connectivity index (χ4v) is 4.89. The van der Waals surface area contributed by atoms with Crippen molar-refractivity contribution in [1.29, 1.82) is 0 Å². The summed E-state index contributed by atoms with van der Waals surface area (Å²) in [5.74, 6) is 1.68. The Bertz CT molecular complexity index is 1460. The number of rotatable bonds is 5. The second-order valence-corrected chi connectivity index (χ2v) is 9.30. The van der Waals surface area contributed by atoms with Crippen molar-refractivity contribution in [3.8, 4) is 22.8 Å². The van der Waals surface area contributed by atoms with E-state index >= 15 is 0 Å². The summed E-state index contributed by atoms with van der Waals surface area (Å²) in [5, 5.41) is 4.00. The van der Waals surface area contributed by atoms with Crippen LogP contribution in [-0.2, 0) is 16.5 Å². The molecule has 6 rings (SSSR count). The third-order valence-corrected chi connectivity index (χ3v) is 6.90. The lowest BCUT2D eigenvalue weighted by molar-refractivity contribution is -0.0671. The molecule has 0 saturated carbocycles. The quantitative estimate of drug-likeness (QED) is 0.386. The van der Waals surface area contributed by atoms with Crippen LogP contribution in [-0.4, -0.2) is 80.2 Å². The van der Waals surface area contributed by atoms with Gasteiger partial charge in [-0.25, -0.2) is 15.0 Å². The molecule has 4 aromatic rings. The Balaban J connectivity index is 1.25. The Morgan fingerprint density at radius 1 is 1.03 bits per heavy atom. The summed E-state index contributed by atoms with van der Waals surface area (Å²) in [6.07, 6.45) is 2.88. The number of aryl methyl sites for hydroxylation is 1. The summed E-state index contributed by atoms with van der Waals surface area (Å²) in [6.45, 7) is 5.41. The van der Waals surface area contributed by atoms with Crippen molar-refractivity contribution in [2.45, 2.75) is 19.2 Å². The molecule has 0 spiro atoms. The highest BCUT2D eigenvalue weighted by Crippen LogP contribution is 2.29. The fourth-order valence-electron chi connectivity index (χ4n) is 4.89. The van der Waals surface area contributed by atoms with Crippen molar-refractivity contribution in [3.63, 3.8) is 0 Å². The zero-order valence-electron chi connectivity index (χ0n) is 21.2. The molecule has 196 valence electrons. The molecule has 0 radical (unpaired) electrons. The van der Waals surface area contributed by atoms with E-state index in [2.05, 4.69) is 29.9 Å². The van der Waals surface area contributed by atoms with Crippen LogP contribution in [0.15, 0.2) is 58.2 Å². The minimum Gasteiger partial charge on any atom is -0.376 e. The lowest BCUT2D eigenvalue weighted by atomic mass is 10.0. The Kier molecular flexibility index (Phi) is 6.66. The highest BCUT2D eigenvalue weighted by Gasteiger charge is 2.35. The summed E-state index contributed by atoms with van der Waals surface area (Å²) in [6, 6.07) is 11.3. The van der Waals surface area contributed by atoms with Gasteiger partial charge in [0.1, 0.15) is 12.5 Å². The predicted octanol–water partition coefficient (Wildman–Crippen LogP) is 1.83. The van der Waals surface area contributed by atoms with Gasteiger partial charge in [0.2, 0.25) is 17.7 Å². The first-order chi connectivity index (χ1) is 18.6. The average molecular weight is 517 g/mol. The van der Waals surface area contributed by atoms with Crippen molar-refractivity contribution in [3.05, 3.63) is 70.7 Å². The van der Waals surface area contributed by atoms with Gasteiger partial charge in [-0.05, 0) is 11.6 Å². The van der Waals surface area contributed by atoms with Gasteiger partial charge in [0.15, 0.2) is 0 Å². The third-order valence-electron chi connectivity index (χ3n) is 6.90. The van der Waals surface area contributed by atoms with E-state index in [0.717, 1.165) is 17.7 Å². The SMILES string of the molecule is Cc1nc(-c2ccc([C@H]3CN(C4COCCN4c4nc(-c5ccncn5)cc(=O)n4C)CCO3)cc2)no1. The maximum atomic E-state index is 12.9. The monoisotopic (exact) mass is 516 g/mol. The maximum Gasteiger partial charge on any atom is 0.255 e. The van der Waals surface area contributed by atoms with Crippen molar-refractivity contribution in [1.82, 2.24) is 34.6 Å². The van der Waals surface area contributed by atoms with Crippen molar-refractivity contribution in [2.24, 2.45) is 7.05 Å². The van der Waals surface area contributed by atoms with Crippen molar-refractivity contribution < 1.29 is 14.0 Å². The summed E-state index contributed by atoms with van der Waals surface area (Å²) >= 11 is 0. The van der Waals surface area contributed by atoms with E-state index in [1.54, 1.807) is 30.8 Å². The zero-order chi connectivity index (χ0) is 26.1. The molecule has 1 aromatic carbocycles. The van der Waals surface area contributed by atoms with E-state index in [0.29, 0.717) is 62.0 Å². The molecule has 2 saturated heterocycles. The van der Waals surface area contributed by atoms with Crippen LogP contribution in [0.1, 0.15) is 17.6 Å². The number of nitrogens with zero attached hydrogens (tertiary/aromatic N) is 8. The molecule has 12 heteroatoms. The molecule has 5 heterocycles. The Labute approximate surface area is 218 Å². The molecule has 2 aliphatic rings. The van der Waals surface area contributed by atoms with Gasteiger partial charge in [0.25, 0.3) is 5.56 Å². The first-order valence-corrected chi connectivity index (χ1v) is 12.5. The minimum atomic E-state index is -0.148. The van der Waals surface area contributed by atoms with Gasteiger partial charge in [0, 0.05) is 51.4 Å². The summed E-state index contributed by atoms with van der Waals surface area (Å²) < 4.78 is 18.7. The standard InChI is InChI=1S/C26H28N8O4/c1-17-29-25(31-38-17)19-5-3-18(4-6-19)22-14-33(9-12-37-22)23-15-36-11-10-34(23)26-30-21(13-24(35)32(26)2)20-7-8-27-16-28-20/h3-8,13,16,22-23H,9-12,14-15H2,1-2H3/t22-,23?/m1/s1. The van der Waals surface area contributed by atoms with Gasteiger partial charge >= 0.3 is 0 Å². The number of aromatic nitrogens is 6. The smallest absolute Gasteiger partial charge is 0.255 e. The van der Waals surface area contributed by atoms with E-state index in [4.69, 9.17) is 19.0 Å². The summed E-state index contributed by atoms with van der Waals surface area (Å²) in [5.41, 5.74) is 2.94. The number of benzene rings is 1. The number of anilines is 1. The van der Waals surface area contributed by atoms with Crippen LogP contribution < -0.4 is 10.5 Å². The second kappa shape index (κ2) is 10.4. The maximum absolute atomic E-state index is 12.9. The van der Waals surface area contributed by atoms with Gasteiger partial charge in [0.05, 0.1) is 37.3 Å². The number of morpholine rings is 2. The molecule has 0 N–H and O–H groups in total. The Morgan fingerprint density at radius 2 is 1.89 bits per heavy atom. The molecule has 38 heavy (non-hydrogen) atoms. The minimum absolute atomic E-state index is 0.101. The first kappa shape index (κ1) is 24.3. The lowest BCUT2D eigenvalue weighted by Crippen LogP contribution is -2.59.